The van der Waals surface area contributed by atoms with Gasteiger partial charge in [-0.15, -0.1) is 5.10 Å². The molecule has 1 aliphatic rings. The summed E-state index contributed by atoms with van der Waals surface area (Å²) in [6.07, 6.45) is 0. The molecule has 0 N–H and O–H groups in total. The van der Waals surface area contributed by atoms with Crippen LogP contribution in [0.5, 0.6) is 0 Å². The minimum Gasteiger partial charge on any atom is -0.353 e. The molecular formula is C26H23ClN6O2S. The molecule has 0 atom stereocenters. The molecule has 1 aliphatic heterocycles. The van der Waals surface area contributed by atoms with E-state index in [-0.39, 0.29) is 15.6 Å². The van der Waals surface area contributed by atoms with Crippen LogP contribution in [-0.4, -0.2) is 59.3 Å². The number of anilines is 1. The molecule has 0 aliphatic carbocycles. The van der Waals surface area contributed by atoms with Crippen LogP contribution in [0.25, 0.3) is 16.6 Å². The van der Waals surface area contributed by atoms with E-state index < -0.39 is 9.84 Å². The zero-order valence-corrected chi connectivity index (χ0v) is 20.9. The van der Waals surface area contributed by atoms with Crippen molar-refractivity contribution in [2.45, 2.75) is 16.5 Å². The van der Waals surface area contributed by atoms with E-state index in [0.717, 1.165) is 38.1 Å². The molecule has 10 heteroatoms. The Hall–Kier alpha value is -3.53. The number of piperazine rings is 1. The van der Waals surface area contributed by atoms with Crippen LogP contribution in [0.2, 0.25) is 5.02 Å². The van der Waals surface area contributed by atoms with E-state index in [4.69, 9.17) is 16.6 Å². The first-order valence-corrected chi connectivity index (χ1v) is 13.5. The van der Waals surface area contributed by atoms with Gasteiger partial charge < -0.3 is 4.90 Å². The van der Waals surface area contributed by atoms with Gasteiger partial charge in [-0.25, -0.2) is 13.4 Å². The van der Waals surface area contributed by atoms with Crippen molar-refractivity contribution in [3.63, 3.8) is 0 Å². The molecule has 3 aromatic carbocycles. The monoisotopic (exact) mass is 518 g/mol. The third kappa shape index (κ3) is 4.09. The van der Waals surface area contributed by atoms with Crippen LogP contribution in [0.15, 0.2) is 88.8 Å². The van der Waals surface area contributed by atoms with Gasteiger partial charge in [-0.2, -0.15) is 4.52 Å². The van der Waals surface area contributed by atoms with Gasteiger partial charge in [-0.3, -0.25) is 4.90 Å². The Labute approximate surface area is 213 Å². The van der Waals surface area contributed by atoms with Gasteiger partial charge in [0.05, 0.1) is 10.4 Å². The molecular weight excluding hydrogens is 496 g/mol. The Morgan fingerprint density at radius 2 is 1.56 bits per heavy atom. The van der Waals surface area contributed by atoms with E-state index in [9.17, 15) is 8.42 Å². The van der Waals surface area contributed by atoms with Crippen molar-refractivity contribution in [1.29, 1.82) is 0 Å². The van der Waals surface area contributed by atoms with E-state index in [0.29, 0.717) is 16.4 Å². The zero-order valence-electron chi connectivity index (χ0n) is 19.3. The lowest BCUT2D eigenvalue weighted by atomic mass is 10.2. The van der Waals surface area contributed by atoms with Crippen LogP contribution >= 0.6 is 11.6 Å². The van der Waals surface area contributed by atoms with Crippen molar-refractivity contribution in [3.05, 3.63) is 89.4 Å². The highest BCUT2D eigenvalue weighted by Gasteiger charge is 2.28. The number of hydrogen-bond donors (Lipinski definition) is 0. The molecule has 0 radical (unpaired) electrons. The normalized spacial score (nSPS) is 15.1. The number of rotatable bonds is 5. The average molecular weight is 519 g/mol. The Balaban J connectivity index is 1.40. The van der Waals surface area contributed by atoms with Crippen molar-refractivity contribution in [2.75, 3.05) is 31.1 Å². The predicted octanol–water partition coefficient (Wildman–Crippen LogP) is 4.09. The molecule has 0 spiro atoms. The molecule has 36 heavy (non-hydrogen) atoms. The molecule has 0 bridgehead atoms. The standard InChI is InChI=1S/C26H23ClN6O2S/c27-20-11-12-23-22(17-20)24(32-15-13-31(14-16-32)18-19-7-3-1-4-8-19)28-25-26(29-30-33(23)25)36(34,35)21-9-5-2-6-10-21/h1-12,17H,13-16,18H2. The summed E-state index contributed by atoms with van der Waals surface area (Å²) < 4.78 is 28.3. The van der Waals surface area contributed by atoms with Crippen molar-refractivity contribution in [2.24, 2.45) is 0 Å². The lowest BCUT2D eigenvalue weighted by Gasteiger charge is -2.36. The minimum atomic E-state index is -3.90. The van der Waals surface area contributed by atoms with Crippen molar-refractivity contribution in [1.82, 2.24) is 24.7 Å². The predicted molar refractivity (Wildman–Crippen MR) is 139 cm³/mol. The third-order valence-electron chi connectivity index (χ3n) is 6.49. The van der Waals surface area contributed by atoms with Crippen molar-refractivity contribution in [3.8, 4) is 0 Å². The van der Waals surface area contributed by atoms with Crippen molar-refractivity contribution < 1.29 is 8.42 Å². The zero-order chi connectivity index (χ0) is 24.7. The molecule has 182 valence electrons. The maximum Gasteiger partial charge on any atom is 0.229 e. The second-order valence-corrected chi connectivity index (χ2v) is 11.1. The van der Waals surface area contributed by atoms with E-state index in [1.807, 2.05) is 18.2 Å². The number of aromatic nitrogens is 4. The number of benzene rings is 3. The first-order chi connectivity index (χ1) is 17.5. The number of nitrogens with zero attached hydrogens (tertiary/aromatic N) is 6. The Morgan fingerprint density at radius 1 is 0.861 bits per heavy atom. The van der Waals surface area contributed by atoms with E-state index >= 15 is 0 Å². The van der Waals surface area contributed by atoms with Gasteiger partial charge in [0, 0.05) is 43.1 Å². The number of halogens is 1. The highest BCUT2D eigenvalue weighted by atomic mass is 35.5. The van der Waals surface area contributed by atoms with Gasteiger partial charge in [0.2, 0.25) is 14.9 Å². The summed E-state index contributed by atoms with van der Waals surface area (Å²) in [6.45, 7) is 4.10. The van der Waals surface area contributed by atoms with Crippen LogP contribution in [0.3, 0.4) is 0 Å². The number of sulfone groups is 1. The van der Waals surface area contributed by atoms with Crippen LogP contribution in [0.4, 0.5) is 5.82 Å². The smallest absolute Gasteiger partial charge is 0.229 e. The molecule has 3 heterocycles. The SMILES string of the molecule is O=S(=O)(c1ccccc1)c1nnn2c1nc(N1CCN(Cc3ccccc3)CC1)c1cc(Cl)ccc12. The lowest BCUT2D eigenvalue weighted by molar-refractivity contribution is 0.249. The van der Waals surface area contributed by atoms with E-state index in [2.05, 4.69) is 44.4 Å². The summed E-state index contributed by atoms with van der Waals surface area (Å²) in [4.78, 5) is 9.59. The quantitative estimate of drug-likeness (QED) is 0.346. The number of hydrogen-bond acceptors (Lipinski definition) is 7. The Morgan fingerprint density at radius 3 is 2.28 bits per heavy atom. The molecule has 0 amide bonds. The van der Waals surface area contributed by atoms with Crippen LogP contribution in [0, 0.1) is 0 Å². The first-order valence-electron chi connectivity index (χ1n) is 11.7. The Bertz CT molecular complexity index is 1650. The fourth-order valence-electron chi connectivity index (χ4n) is 4.64. The van der Waals surface area contributed by atoms with Crippen LogP contribution < -0.4 is 4.90 Å². The summed E-state index contributed by atoms with van der Waals surface area (Å²) in [5.41, 5.74) is 2.19. The summed E-state index contributed by atoms with van der Waals surface area (Å²) in [5, 5.41) is 9.45. The molecule has 6 rings (SSSR count). The van der Waals surface area contributed by atoms with E-state index in [1.54, 1.807) is 36.4 Å². The molecule has 1 saturated heterocycles. The second-order valence-electron chi connectivity index (χ2n) is 8.79. The maximum absolute atomic E-state index is 13.4. The van der Waals surface area contributed by atoms with Crippen LogP contribution in [0.1, 0.15) is 5.56 Å². The van der Waals surface area contributed by atoms with Gasteiger partial charge in [0.1, 0.15) is 5.82 Å². The molecule has 2 aromatic heterocycles. The fraction of sp³-hybridized carbons (Fsp3) is 0.192. The Kier molecular flexibility index (Phi) is 5.83. The third-order valence-corrected chi connectivity index (χ3v) is 8.39. The molecule has 1 fully saturated rings. The minimum absolute atomic E-state index is 0.154. The lowest BCUT2D eigenvalue weighted by Crippen LogP contribution is -2.46. The summed E-state index contributed by atoms with van der Waals surface area (Å²) >= 11 is 6.36. The number of fused-ring (bicyclic) bond motifs is 3. The van der Waals surface area contributed by atoms with Gasteiger partial charge in [-0.1, -0.05) is 65.3 Å². The van der Waals surface area contributed by atoms with Gasteiger partial charge in [0.25, 0.3) is 0 Å². The molecule has 0 saturated carbocycles. The fourth-order valence-corrected chi connectivity index (χ4v) is 6.07. The van der Waals surface area contributed by atoms with E-state index in [1.165, 1.54) is 10.1 Å². The summed E-state index contributed by atoms with van der Waals surface area (Å²) in [7, 11) is -3.90. The molecule has 5 aromatic rings. The maximum atomic E-state index is 13.4. The molecule has 8 nitrogen and oxygen atoms in total. The highest BCUT2D eigenvalue weighted by Crippen LogP contribution is 2.32. The first kappa shape index (κ1) is 22.9. The van der Waals surface area contributed by atoms with Gasteiger partial charge >= 0.3 is 0 Å². The average Bonchev–Trinajstić information content (AvgIpc) is 3.35. The summed E-state index contributed by atoms with van der Waals surface area (Å²) in [5.74, 6) is 0.686. The molecule has 0 unspecified atom stereocenters. The second kappa shape index (κ2) is 9.16. The van der Waals surface area contributed by atoms with Gasteiger partial charge in [0.15, 0.2) is 5.65 Å². The van der Waals surface area contributed by atoms with Crippen LogP contribution in [-0.2, 0) is 16.4 Å². The summed E-state index contributed by atoms with van der Waals surface area (Å²) in [6, 6.07) is 24.1. The van der Waals surface area contributed by atoms with Gasteiger partial charge in [-0.05, 0) is 35.9 Å². The highest BCUT2D eigenvalue weighted by molar-refractivity contribution is 7.91. The largest absolute Gasteiger partial charge is 0.353 e. The topological polar surface area (TPSA) is 83.7 Å². The van der Waals surface area contributed by atoms with Crippen molar-refractivity contribution >= 4 is 43.8 Å².